The van der Waals surface area contributed by atoms with Gasteiger partial charge in [-0.2, -0.15) is 0 Å². The molecule has 4 amide bonds. The Morgan fingerprint density at radius 1 is 0.891 bits per heavy atom. The maximum atomic E-state index is 14.8. The second-order valence-corrected chi connectivity index (χ2v) is 15.0. The van der Waals surface area contributed by atoms with Gasteiger partial charge in [-0.05, 0) is 80.3 Å². The van der Waals surface area contributed by atoms with Crippen molar-refractivity contribution in [1.29, 1.82) is 0 Å². The number of phenols is 1. The smallest absolute Gasteiger partial charge is 0.241 e. The number of anilines is 2. The van der Waals surface area contributed by atoms with Crippen molar-refractivity contribution in [2.75, 3.05) is 24.0 Å². The lowest BCUT2D eigenvalue weighted by Gasteiger charge is -2.49. The van der Waals surface area contributed by atoms with Gasteiger partial charge in [0.2, 0.25) is 29.5 Å². The molecule has 4 aromatic carbocycles. The molecule has 13 heteroatoms. The number of para-hydroxylation sites is 2. The average molecular weight is 762 g/mol. The van der Waals surface area contributed by atoms with Gasteiger partial charge in [0, 0.05) is 29.2 Å². The molecule has 0 spiro atoms. The number of hydrogen-bond donors (Lipinski definition) is 1. The maximum absolute atomic E-state index is 14.8. The zero-order valence-corrected chi connectivity index (χ0v) is 30.5. The largest absolute Gasteiger partial charge is 0.507 e. The molecule has 5 aromatic rings. The number of methoxy groups -OCH3 is 2. The van der Waals surface area contributed by atoms with Crippen LogP contribution in [-0.4, -0.2) is 47.9 Å². The summed E-state index contributed by atoms with van der Waals surface area (Å²) in [6.07, 6.45) is 2.13. The highest BCUT2D eigenvalue weighted by molar-refractivity contribution is 6.32. The summed E-state index contributed by atoms with van der Waals surface area (Å²) in [6.45, 7) is 1.67. The maximum Gasteiger partial charge on any atom is 0.241 e. The molecule has 9 rings (SSSR count). The Labute approximate surface area is 318 Å². The lowest BCUT2D eigenvalue weighted by Crippen LogP contribution is -2.49. The number of fused-ring (bicyclic) bond motifs is 5. The van der Waals surface area contributed by atoms with Crippen molar-refractivity contribution in [2.45, 2.75) is 25.7 Å². The lowest BCUT2D eigenvalue weighted by atomic mass is 9.51. The first-order valence-electron chi connectivity index (χ1n) is 17.8. The fraction of sp³-hybridized carbons (Fsp3) is 0.262. The van der Waals surface area contributed by atoms with Gasteiger partial charge in [0.25, 0.3) is 0 Å². The minimum Gasteiger partial charge on any atom is -0.507 e. The van der Waals surface area contributed by atoms with Crippen LogP contribution in [0.15, 0.2) is 94.9 Å². The number of carbonyl (C=O) groups excluding carboxylic acids is 4. The van der Waals surface area contributed by atoms with Crippen LogP contribution in [0.1, 0.15) is 31.2 Å². The molecule has 3 heterocycles. The van der Waals surface area contributed by atoms with Gasteiger partial charge in [0.05, 0.1) is 53.8 Å². The minimum atomic E-state index is -1.50. The molecule has 6 atom stereocenters. The van der Waals surface area contributed by atoms with E-state index in [9.17, 15) is 28.7 Å². The number of aromatic hydroxyl groups is 1. The zero-order chi connectivity index (χ0) is 38.5. The molecule has 4 aliphatic rings. The summed E-state index contributed by atoms with van der Waals surface area (Å²) in [6, 6.07) is 20.8. The SMILES string of the molecule is COc1cc(O)c([C@H]2C3=CC[C@@H]4C(=O)N(c5ccc(-c6nc7ccccc7o6)cc5)C(=O)[C@@H]4[C@@H]3C[C@H]3C(=O)N(c4ccc(F)c(Cl)c4)C(=O)[C@@]23C)c(OC)c1. The normalized spacial score (nSPS) is 25.9. The van der Waals surface area contributed by atoms with Gasteiger partial charge in [0.15, 0.2) is 5.58 Å². The van der Waals surface area contributed by atoms with Gasteiger partial charge in [0.1, 0.15) is 28.6 Å². The number of amides is 4. The summed E-state index contributed by atoms with van der Waals surface area (Å²) < 4.78 is 31.3. The van der Waals surface area contributed by atoms with Crippen LogP contribution < -0.4 is 19.3 Å². The number of allylic oxidation sites excluding steroid dienone is 2. The van der Waals surface area contributed by atoms with Crippen molar-refractivity contribution in [3.63, 3.8) is 0 Å². The van der Waals surface area contributed by atoms with E-state index in [2.05, 4.69) is 4.98 Å². The molecule has 2 aliphatic carbocycles. The number of nitrogens with zero attached hydrogens (tertiary/aromatic N) is 3. The average Bonchev–Trinajstić information content (AvgIpc) is 3.79. The summed E-state index contributed by atoms with van der Waals surface area (Å²) in [5.74, 6) is -6.20. The first-order valence-corrected chi connectivity index (χ1v) is 18.2. The lowest BCUT2D eigenvalue weighted by molar-refractivity contribution is -0.131. The fourth-order valence-electron chi connectivity index (χ4n) is 9.36. The highest BCUT2D eigenvalue weighted by atomic mass is 35.5. The van der Waals surface area contributed by atoms with E-state index in [1.54, 1.807) is 37.3 Å². The molecule has 3 fully saturated rings. The van der Waals surface area contributed by atoms with E-state index in [-0.39, 0.29) is 46.5 Å². The predicted octanol–water partition coefficient (Wildman–Crippen LogP) is 7.45. The number of carbonyl (C=O) groups is 4. The Morgan fingerprint density at radius 2 is 1.64 bits per heavy atom. The summed E-state index contributed by atoms with van der Waals surface area (Å²) in [5, 5.41) is 11.4. The molecule has 1 N–H and O–H groups in total. The fourth-order valence-corrected chi connectivity index (χ4v) is 9.54. The number of ether oxygens (including phenoxy) is 2. The third-order valence-corrected chi connectivity index (χ3v) is 12.2. The molecular weight excluding hydrogens is 729 g/mol. The van der Waals surface area contributed by atoms with Crippen molar-refractivity contribution < 1.29 is 42.6 Å². The van der Waals surface area contributed by atoms with E-state index in [1.807, 2.05) is 30.3 Å². The molecule has 1 saturated carbocycles. The Morgan fingerprint density at radius 3 is 2.35 bits per heavy atom. The molecule has 55 heavy (non-hydrogen) atoms. The van der Waals surface area contributed by atoms with Gasteiger partial charge in [-0.1, -0.05) is 35.4 Å². The Hall–Kier alpha value is -6.01. The van der Waals surface area contributed by atoms with E-state index >= 15 is 0 Å². The molecule has 278 valence electrons. The number of oxazole rings is 1. The molecular formula is C42H33ClFN3O8. The van der Waals surface area contributed by atoms with E-state index in [0.717, 1.165) is 11.0 Å². The topological polar surface area (TPSA) is 139 Å². The van der Waals surface area contributed by atoms with Crippen LogP contribution in [0.2, 0.25) is 5.02 Å². The van der Waals surface area contributed by atoms with Gasteiger partial charge in [-0.3, -0.25) is 24.1 Å². The molecule has 0 unspecified atom stereocenters. The zero-order valence-electron chi connectivity index (χ0n) is 29.8. The summed E-state index contributed by atoms with van der Waals surface area (Å²) >= 11 is 6.12. The Kier molecular flexibility index (Phi) is 7.91. The number of halogens is 2. The predicted molar refractivity (Wildman–Crippen MR) is 199 cm³/mol. The molecule has 2 aliphatic heterocycles. The van der Waals surface area contributed by atoms with Gasteiger partial charge in [-0.25, -0.2) is 14.3 Å². The Bertz CT molecular complexity index is 2480. The van der Waals surface area contributed by atoms with Crippen molar-refractivity contribution in [3.05, 3.63) is 107 Å². The number of benzene rings is 4. The van der Waals surface area contributed by atoms with E-state index in [4.69, 9.17) is 25.5 Å². The molecule has 11 nitrogen and oxygen atoms in total. The van der Waals surface area contributed by atoms with Crippen LogP contribution >= 0.6 is 11.6 Å². The number of aromatic nitrogens is 1. The van der Waals surface area contributed by atoms with E-state index in [1.165, 1.54) is 37.3 Å². The van der Waals surface area contributed by atoms with Crippen LogP contribution in [0.25, 0.3) is 22.6 Å². The van der Waals surface area contributed by atoms with Crippen molar-refractivity contribution >= 4 is 57.7 Å². The molecule has 0 bridgehead atoms. The summed E-state index contributed by atoms with van der Waals surface area (Å²) in [7, 11) is 2.86. The minimum absolute atomic E-state index is 0.0682. The molecule has 2 saturated heterocycles. The van der Waals surface area contributed by atoms with Crippen LogP contribution in [0, 0.1) is 34.9 Å². The first-order chi connectivity index (χ1) is 26.5. The van der Waals surface area contributed by atoms with E-state index < -0.39 is 58.5 Å². The van der Waals surface area contributed by atoms with Gasteiger partial charge in [-0.15, -0.1) is 0 Å². The van der Waals surface area contributed by atoms with Crippen LogP contribution in [-0.2, 0) is 19.2 Å². The third kappa shape index (κ3) is 4.96. The number of phenolic OH excluding ortho intramolecular Hbond substituents is 1. The highest BCUT2D eigenvalue weighted by Gasteiger charge is 2.68. The summed E-state index contributed by atoms with van der Waals surface area (Å²) in [4.78, 5) is 64.9. The van der Waals surface area contributed by atoms with Crippen molar-refractivity contribution in [3.8, 4) is 28.7 Å². The molecule has 1 aromatic heterocycles. The van der Waals surface area contributed by atoms with Crippen LogP contribution in [0.3, 0.4) is 0 Å². The van der Waals surface area contributed by atoms with Crippen molar-refractivity contribution in [2.24, 2.45) is 29.1 Å². The number of imide groups is 2. The first kappa shape index (κ1) is 34.7. The monoisotopic (exact) mass is 761 g/mol. The summed E-state index contributed by atoms with van der Waals surface area (Å²) in [5.41, 5.74) is 1.86. The second-order valence-electron chi connectivity index (χ2n) is 14.6. The Balaban J connectivity index is 1.13. The third-order valence-electron chi connectivity index (χ3n) is 11.9. The highest BCUT2D eigenvalue weighted by Crippen LogP contribution is 2.65. The molecule has 0 radical (unpaired) electrons. The van der Waals surface area contributed by atoms with Gasteiger partial charge >= 0.3 is 0 Å². The van der Waals surface area contributed by atoms with Crippen LogP contribution in [0.5, 0.6) is 17.2 Å². The number of rotatable bonds is 6. The van der Waals surface area contributed by atoms with E-state index in [0.29, 0.717) is 39.6 Å². The standard InChI is InChI=1S/C42H33ClFN3O8/c1-42-27(39(50)47(41(42)52)22-12-15-29(44)28(43)16-22)19-26-24(36(42)35-31(48)17-23(53-2)18-33(35)54-3)13-14-25-34(26)40(51)46(38(25)49)21-10-8-20(9-11-21)37-45-30-6-4-5-7-32(30)55-37/h4-13,15-18,25-27,34,36,48H,14,19H2,1-3H3/t25-,26+,27-,34-,36+,42+/m0/s1. The second kappa shape index (κ2) is 12.5. The van der Waals surface area contributed by atoms with Crippen molar-refractivity contribution in [1.82, 2.24) is 4.98 Å². The van der Waals surface area contributed by atoms with Gasteiger partial charge < -0.3 is 19.0 Å². The van der Waals surface area contributed by atoms with Crippen LogP contribution in [0.4, 0.5) is 15.8 Å². The quantitative estimate of drug-likeness (QED) is 0.138. The number of hydrogen-bond acceptors (Lipinski definition) is 9.